The van der Waals surface area contributed by atoms with Gasteiger partial charge in [0.1, 0.15) is 0 Å². The van der Waals surface area contributed by atoms with E-state index in [1.54, 1.807) is 0 Å². The molecule has 0 aliphatic rings. The topological polar surface area (TPSA) is 25.8 Å². The number of hydrogen-bond donors (Lipinski definition) is 0. The molecule has 30 heavy (non-hydrogen) atoms. The first kappa shape index (κ1) is 20.0. The molecule has 4 aromatic rings. The first-order valence-corrected chi connectivity index (χ1v) is 10.9. The average Bonchev–Trinajstić information content (AvgIpc) is 2.83. The molecule has 0 radical (unpaired) electrons. The van der Waals surface area contributed by atoms with Gasteiger partial charge in [0.2, 0.25) is 0 Å². The SMILES string of the molecule is c1ccc(-c2cccc(-c3ccc(CCCCCCc4ccncc4)cc3)c2)nc1. The number of unbranched alkanes of at least 4 members (excludes halogenated alkanes) is 3. The zero-order valence-electron chi connectivity index (χ0n) is 17.4. The standard InChI is InChI=1S/C28H28N2/c1(2-4-9-24-17-20-29-21-18-24)3-8-23-13-15-25(16-14-23)26-10-7-11-27(22-26)28-12-5-6-19-30-28/h5-7,10-22H,1-4,8-9H2. The van der Waals surface area contributed by atoms with Crippen molar-refractivity contribution in [3.05, 3.63) is 109 Å². The molecule has 0 N–H and O–H groups in total. The van der Waals surface area contributed by atoms with Crippen LogP contribution in [0.15, 0.2) is 97.5 Å². The molecular weight excluding hydrogens is 364 g/mol. The van der Waals surface area contributed by atoms with Crippen LogP contribution in [0, 0.1) is 0 Å². The minimum Gasteiger partial charge on any atom is -0.265 e. The highest BCUT2D eigenvalue weighted by Gasteiger charge is 2.03. The molecule has 0 saturated carbocycles. The van der Waals surface area contributed by atoms with Crippen molar-refractivity contribution in [2.45, 2.75) is 38.5 Å². The number of aryl methyl sites for hydroxylation is 2. The molecule has 2 aromatic carbocycles. The smallest absolute Gasteiger partial charge is 0.0702 e. The van der Waals surface area contributed by atoms with E-state index in [9.17, 15) is 0 Å². The zero-order chi connectivity index (χ0) is 20.4. The highest BCUT2D eigenvalue weighted by Crippen LogP contribution is 2.25. The van der Waals surface area contributed by atoms with Gasteiger partial charge in [0.25, 0.3) is 0 Å². The van der Waals surface area contributed by atoms with E-state index in [0.717, 1.165) is 24.1 Å². The summed E-state index contributed by atoms with van der Waals surface area (Å²) in [5, 5.41) is 0. The third kappa shape index (κ3) is 5.64. The molecule has 2 nitrogen and oxygen atoms in total. The Balaban J connectivity index is 1.26. The van der Waals surface area contributed by atoms with E-state index < -0.39 is 0 Å². The third-order valence-corrected chi connectivity index (χ3v) is 5.54. The second-order valence-electron chi connectivity index (χ2n) is 7.76. The van der Waals surface area contributed by atoms with Crippen molar-refractivity contribution in [3.8, 4) is 22.4 Å². The highest BCUT2D eigenvalue weighted by atomic mass is 14.7. The van der Waals surface area contributed by atoms with Gasteiger partial charge in [0, 0.05) is 24.2 Å². The minimum atomic E-state index is 1.01. The summed E-state index contributed by atoms with van der Waals surface area (Å²) in [6, 6.07) is 27.9. The minimum absolute atomic E-state index is 1.01. The van der Waals surface area contributed by atoms with Gasteiger partial charge >= 0.3 is 0 Å². The lowest BCUT2D eigenvalue weighted by Gasteiger charge is -2.07. The Kier molecular flexibility index (Phi) is 7.01. The van der Waals surface area contributed by atoms with Crippen LogP contribution in [0.1, 0.15) is 36.8 Å². The van der Waals surface area contributed by atoms with Crippen LogP contribution in [0.2, 0.25) is 0 Å². The third-order valence-electron chi connectivity index (χ3n) is 5.54. The van der Waals surface area contributed by atoms with Crippen LogP contribution in [-0.2, 0) is 12.8 Å². The maximum Gasteiger partial charge on any atom is 0.0702 e. The van der Waals surface area contributed by atoms with Crippen LogP contribution in [-0.4, -0.2) is 9.97 Å². The molecule has 0 amide bonds. The number of nitrogens with zero attached hydrogens (tertiary/aromatic N) is 2. The van der Waals surface area contributed by atoms with Crippen molar-refractivity contribution >= 4 is 0 Å². The van der Waals surface area contributed by atoms with E-state index in [1.165, 1.54) is 47.9 Å². The molecular formula is C28H28N2. The summed E-state index contributed by atoms with van der Waals surface area (Å²) < 4.78 is 0. The van der Waals surface area contributed by atoms with Crippen molar-refractivity contribution in [1.82, 2.24) is 9.97 Å². The summed E-state index contributed by atoms with van der Waals surface area (Å²) in [5.41, 5.74) is 7.49. The molecule has 2 aromatic heterocycles. The summed E-state index contributed by atoms with van der Waals surface area (Å²) in [7, 11) is 0. The molecule has 0 bridgehead atoms. The van der Waals surface area contributed by atoms with E-state index in [1.807, 2.05) is 30.7 Å². The van der Waals surface area contributed by atoms with Crippen LogP contribution in [0.5, 0.6) is 0 Å². The highest BCUT2D eigenvalue weighted by molar-refractivity contribution is 5.71. The van der Waals surface area contributed by atoms with E-state index >= 15 is 0 Å². The monoisotopic (exact) mass is 392 g/mol. The van der Waals surface area contributed by atoms with Crippen LogP contribution >= 0.6 is 0 Å². The molecule has 0 aliphatic heterocycles. The number of hydrogen-bond acceptors (Lipinski definition) is 2. The van der Waals surface area contributed by atoms with E-state index in [2.05, 4.69) is 76.7 Å². The van der Waals surface area contributed by atoms with Gasteiger partial charge < -0.3 is 0 Å². The van der Waals surface area contributed by atoms with E-state index in [4.69, 9.17) is 0 Å². The molecule has 0 fully saturated rings. The fraction of sp³-hybridized carbons (Fsp3) is 0.214. The molecule has 4 rings (SSSR count). The van der Waals surface area contributed by atoms with Gasteiger partial charge in [-0.25, -0.2) is 0 Å². The lowest BCUT2D eigenvalue weighted by atomic mass is 9.98. The van der Waals surface area contributed by atoms with E-state index in [-0.39, 0.29) is 0 Å². The Hall–Kier alpha value is -3.26. The predicted molar refractivity (Wildman–Crippen MR) is 125 cm³/mol. The molecule has 0 unspecified atom stereocenters. The van der Waals surface area contributed by atoms with Gasteiger partial charge in [-0.05, 0) is 78.3 Å². The molecule has 2 heterocycles. The molecule has 2 heteroatoms. The second-order valence-corrected chi connectivity index (χ2v) is 7.76. The molecule has 0 spiro atoms. The fourth-order valence-electron chi connectivity index (χ4n) is 3.82. The molecule has 150 valence electrons. The predicted octanol–water partition coefficient (Wildman–Crippen LogP) is 7.16. The van der Waals surface area contributed by atoms with Crippen molar-refractivity contribution < 1.29 is 0 Å². The normalized spacial score (nSPS) is 10.8. The lowest BCUT2D eigenvalue weighted by Crippen LogP contribution is -1.89. The molecule has 0 saturated heterocycles. The van der Waals surface area contributed by atoms with Crippen molar-refractivity contribution in [3.63, 3.8) is 0 Å². The summed E-state index contributed by atoms with van der Waals surface area (Å²) in [6.45, 7) is 0. The maximum absolute atomic E-state index is 4.47. The Morgan fingerprint density at radius 1 is 0.500 bits per heavy atom. The summed E-state index contributed by atoms with van der Waals surface area (Å²) in [6.07, 6.45) is 13.0. The van der Waals surface area contributed by atoms with Crippen molar-refractivity contribution in [2.24, 2.45) is 0 Å². The van der Waals surface area contributed by atoms with Gasteiger partial charge in [-0.15, -0.1) is 0 Å². The largest absolute Gasteiger partial charge is 0.265 e. The number of benzene rings is 2. The van der Waals surface area contributed by atoms with Gasteiger partial charge in [-0.3, -0.25) is 9.97 Å². The Morgan fingerprint density at radius 2 is 1.20 bits per heavy atom. The number of aromatic nitrogens is 2. The van der Waals surface area contributed by atoms with Crippen LogP contribution in [0.4, 0.5) is 0 Å². The number of pyridine rings is 2. The van der Waals surface area contributed by atoms with Gasteiger partial charge in [-0.1, -0.05) is 61.4 Å². The van der Waals surface area contributed by atoms with E-state index in [0.29, 0.717) is 0 Å². The quantitative estimate of drug-likeness (QED) is 0.282. The first-order valence-electron chi connectivity index (χ1n) is 10.9. The summed E-state index contributed by atoms with van der Waals surface area (Å²) >= 11 is 0. The van der Waals surface area contributed by atoms with Crippen LogP contribution < -0.4 is 0 Å². The summed E-state index contributed by atoms with van der Waals surface area (Å²) in [4.78, 5) is 8.54. The Bertz CT molecular complexity index is 1020. The Labute approximate surface area is 179 Å². The van der Waals surface area contributed by atoms with Gasteiger partial charge in [0.15, 0.2) is 0 Å². The summed E-state index contributed by atoms with van der Waals surface area (Å²) in [5.74, 6) is 0. The molecule has 0 atom stereocenters. The van der Waals surface area contributed by atoms with Crippen molar-refractivity contribution in [2.75, 3.05) is 0 Å². The van der Waals surface area contributed by atoms with Crippen molar-refractivity contribution in [1.29, 1.82) is 0 Å². The van der Waals surface area contributed by atoms with Gasteiger partial charge in [-0.2, -0.15) is 0 Å². The van der Waals surface area contributed by atoms with Crippen LogP contribution in [0.3, 0.4) is 0 Å². The Morgan fingerprint density at radius 3 is 1.90 bits per heavy atom. The van der Waals surface area contributed by atoms with Gasteiger partial charge in [0.05, 0.1) is 5.69 Å². The lowest BCUT2D eigenvalue weighted by molar-refractivity contribution is 0.640. The fourth-order valence-corrected chi connectivity index (χ4v) is 3.82. The second kappa shape index (κ2) is 10.5. The number of rotatable bonds is 9. The average molecular weight is 393 g/mol. The van der Waals surface area contributed by atoms with Crippen LogP contribution in [0.25, 0.3) is 22.4 Å². The molecule has 0 aliphatic carbocycles. The first-order chi connectivity index (χ1) is 14.9. The maximum atomic E-state index is 4.47. The zero-order valence-corrected chi connectivity index (χ0v) is 17.4.